The Kier molecular flexibility index (Phi) is 5.13. The molecule has 0 spiro atoms. The molecule has 1 saturated carbocycles. The normalized spacial score (nSPS) is 16.6. The summed E-state index contributed by atoms with van der Waals surface area (Å²) in [7, 11) is 0. The van der Waals surface area contributed by atoms with E-state index in [1.165, 1.54) is 12.8 Å². The zero-order chi connectivity index (χ0) is 13.0. The average Bonchev–Trinajstić information content (AvgIpc) is 3.14. The lowest BCUT2D eigenvalue weighted by atomic mass is 10.3. The minimum Gasteiger partial charge on any atom is -0.389 e. The van der Waals surface area contributed by atoms with E-state index < -0.39 is 6.10 Å². The Bertz CT molecular complexity index is 397. The van der Waals surface area contributed by atoms with Crippen molar-refractivity contribution >= 4 is 28.9 Å². The SMILES string of the molecule is OC(CNc1cc(Cl)ccc1Cl)COCC1CC1. The van der Waals surface area contributed by atoms with Crippen molar-refractivity contribution in [3.05, 3.63) is 28.2 Å². The molecule has 2 N–H and O–H groups in total. The first-order valence-electron chi connectivity index (χ1n) is 6.10. The predicted molar refractivity (Wildman–Crippen MR) is 74.5 cm³/mol. The van der Waals surface area contributed by atoms with Gasteiger partial charge >= 0.3 is 0 Å². The summed E-state index contributed by atoms with van der Waals surface area (Å²) in [5, 5.41) is 14.0. The summed E-state index contributed by atoms with van der Waals surface area (Å²) in [6.07, 6.45) is 1.97. The molecule has 18 heavy (non-hydrogen) atoms. The van der Waals surface area contributed by atoms with Crippen molar-refractivity contribution < 1.29 is 9.84 Å². The van der Waals surface area contributed by atoms with E-state index in [1.54, 1.807) is 18.2 Å². The van der Waals surface area contributed by atoms with E-state index >= 15 is 0 Å². The summed E-state index contributed by atoms with van der Waals surface area (Å²) in [5.74, 6) is 0.715. The van der Waals surface area contributed by atoms with E-state index in [9.17, 15) is 5.11 Å². The quantitative estimate of drug-likeness (QED) is 0.810. The van der Waals surface area contributed by atoms with Crippen LogP contribution in [-0.4, -0.2) is 31.0 Å². The summed E-state index contributed by atoms with van der Waals surface area (Å²) in [6.45, 7) is 1.50. The van der Waals surface area contributed by atoms with Gasteiger partial charge in [0.15, 0.2) is 0 Å². The highest BCUT2D eigenvalue weighted by atomic mass is 35.5. The number of hydrogen-bond donors (Lipinski definition) is 2. The highest BCUT2D eigenvalue weighted by Crippen LogP contribution is 2.28. The number of aliphatic hydroxyl groups excluding tert-OH is 1. The van der Waals surface area contributed by atoms with Crippen LogP contribution in [0, 0.1) is 5.92 Å². The Morgan fingerprint density at radius 1 is 1.39 bits per heavy atom. The van der Waals surface area contributed by atoms with Gasteiger partial charge in [-0.25, -0.2) is 0 Å². The van der Waals surface area contributed by atoms with E-state index in [1.807, 2.05) is 0 Å². The van der Waals surface area contributed by atoms with Crippen LogP contribution in [0.5, 0.6) is 0 Å². The van der Waals surface area contributed by atoms with Crippen molar-refractivity contribution in [2.45, 2.75) is 18.9 Å². The van der Waals surface area contributed by atoms with Crippen LogP contribution in [0.4, 0.5) is 5.69 Å². The van der Waals surface area contributed by atoms with Crippen LogP contribution in [0.25, 0.3) is 0 Å². The molecule has 0 heterocycles. The number of halogens is 2. The Hall–Kier alpha value is -0.480. The number of ether oxygens (including phenoxy) is 1. The van der Waals surface area contributed by atoms with Gasteiger partial charge in [0.1, 0.15) is 0 Å². The summed E-state index contributed by atoms with van der Waals surface area (Å²) in [6, 6.07) is 5.19. The molecule has 1 aliphatic carbocycles. The first-order valence-corrected chi connectivity index (χ1v) is 6.85. The van der Waals surface area contributed by atoms with Crippen LogP contribution in [0.15, 0.2) is 18.2 Å². The van der Waals surface area contributed by atoms with Gasteiger partial charge in [0.25, 0.3) is 0 Å². The number of benzene rings is 1. The molecule has 0 radical (unpaired) electrons. The molecule has 1 fully saturated rings. The molecular formula is C13H17Cl2NO2. The smallest absolute Gasteiger partial charge is 0.0945 e. The molecule has 1 aliphatic rings. The fraction of sp³-hybridized carbons (Fsp3) is 0.538. The minimum atomic E-state index is -0.543. The first kappa shape index (κ1) is 13.9. The maximum atomic E-state index is 9.74. The minimum absolute atomic E-state index is 0.349. The summed E-state index contributed by atoms with van der Waals surface area (Å²) in [5.41, 5.74) is 0.727. The number of rotatable bonds is 7. The van der Waals surface area contributed by atoms with E-state index in [0.717, 1.165) is 12.3 Å². The summed E-state index contributed by atoms with van der Waals surface area (Å²) < 4.78 is 5.41. The Morgan fingerprint density at radius 3 is 2.89 bits per heavy atom. The van der Waals surface area contributed by atoms with Gasteiger partial charge in [-0.2, -0.15) is 0 Å². The Balaban J connectivity index is 1.70. The predicted octanol–water partition coefficient (Wildman–Crippen LogP) is 3.19. The molecule has 1 aromatic carbocycles. The molecule has 100 valence electrons. The van der Waals surface area contributed by atoms with E-state index in [4.69, 9.17) is 27.9 Å². The molecule has 0 aromatic heterocycles. The molecule has 3 nitrogen and oxygen atoms in total. The van der Waals surface area contributed by atoms with Gasteiger partial charge in [-0.05, 0) is 37.0 Å². The second-order valence-corrected chi connectivity index (χ2v) is 5.48. The zero-order valence-electron chi connectivity index (χ0n) is 10.0. The second-order valence-electron chi connectivity index (χ2n) is 4.64. The standard InChI is InChI=1S/C13H17Cl2NO2/c14-10-3-4-12(15)13(5-10)16-6-11(17)8-18-7-9-1-2-9/h3-5,9,11,16-17H,1-2,6-8H2. The fourth-order valence-electron chi connectivity index (χ4n) is 1.57. The molecule has 0 bridgehead atoms. The lowest BCUT2D eigenvalue weighted by Crippen LogP contribution is -2.25. The van der Waals surface area contributed by atoms with Gasteiger partial charge in [-0.15, -0.1) is 0 Å². The van der Waals surface area contributed by atoms with Crippen LogP contribution >= 0.6 is 23.2 Å². The zero-order valence-corrected chi connectivity index (χ0v) is 11.5. The van der Waals surface area contributed by atoms with Crippen LogP contribution in [0.3, 0.4) is 0 Å². The number of aliphatic hydroxyl groups is 1. The van der Waals surface area contributed by atoms with E-state index in [0.29, 0.717) is 29.1 Å². The van der Waals surface area contributed by atoms with Gasteiger partial charge in [-0.3, -0.25) is 0 Å². The van der Waals surface area contributed by atoms with Gasteiger partial charge in [0, 0.05) is 18.2 Å². The molecule has 0 aliphatic heterocycles. The third-order valence-electron chi connectivity index (χ3n) is 2.82. The Labute approximate surface area is 117 Å². The number of nitrogens with one attached hydrogen (secondary N) is 1. The lowest BCUT2D eigenvalue weighted by Gasteiger charge is -2.14. The molecule has 0 saturated heterocycles. The highest BCUT2D eigenvalue weighted by Gasteiger charge is 2.21. The van der Waals surface area contributed by atoms with Crippen molar-refractivity contribution in [2.75, 3.05) is 25.1 Å². The van der Waals surface area contributed by atoms with Gasteiger partial charge in [0.05, 0.1) is 23.4 Å². The second kappa shape index (κ2) is 6.62. The molecule has 2 rings (SSSR count). The lowest BCUT2D eigenvalue weighted by molar-refractivity contribution is 0.0386. The molecule has 1 atom stereocenters. The van der Waals surface area contributed by atoms with Gasteiger partial charge < -0.3 is 15.2 Å². The van der Waals surface area contributed by atoms with Crippen LogP contribution < -0.4 is 5.32 Å². The number of anilines is 1. The third kappa shape index (κ3) is 4.65. The first-order chi connectivity index (χ1) is 8.65. The highest BCUT2D eigenvalue weighted by molar-refractivity contribution is 6.35. The van der Waals surface area contributed by atoms with Crippen molar-refractivity contribution in [1.82, 2.24) is 0 Å². The molecule has 0 amide bonds. The van der Waals surface area contributed by atoms with Crippen LogP contribution in [0.1, 0.15) is 12.8 Å². The number of hydrogen-bond acceptors (Lipinski definition) is 3. The monoisotopic (exact) mass is 289 g/mol. The summed E-state index contributed by atoms with van der Waals surface area (Å²) >= 11 is 11.9. The maximum Gasteiger partial charge on any atom is 0.0945 e. The van der Waals surface area contributed by atoms with Gasteiger partial charge in [-0.1, -0.05) is 23.2 Å². The molecule has 5 heteroatoms. The van der Waals surface area contributed by atoms with E-state index in [2.05, 4.69) is 5.32 Å². The third-order valence-corrected chi connectivity index (χ3v) is 3.38. The van der Waals surface area contributed by atoms with Crippen LogP contribution in [0.2, 0.25) is 10.0 Å². The molecule has 1 unspecified atom stereocenters. The van der Waals surface area contributed by atoms with Gasteiger partial charge in [0.2, 0.25) is 0 Å². The van der Waals surface area contributed by atoms with E-state index in [-0.39, 0.29) is 0 Å². The van der Waals surface area contributed by atoms with Crippen molar-refractivity contribution in [3.63, 3.8) is 0 Å². The van der Waals surface area contributed by atoms with Crippen molar-refractivity contribution in [1.29, 1.82) is 0 Å². The fourth-order valence-corrected chi connectivity index (χ4v) is 1.93. The largest absolute Gasteiger partial charge is 0.389 e. The average molecular weight is 290 g/mol. The maximum absolute atomic E-state index is 9.74. The van der Waals surface area contributed by atoms with Crippen molar-refractivity contribution in [2.24, 2.45) is 5.92 Å². The molecule has 1 aromatic rings. The summed E-state index contributed by atoms with van der Waals surface area (Å²) in [4.78, 5) is 0. The molecular weight excluding hydrogens is 273 g/mol. The topological polar surface area (TPSA) is 41.5 Å². The van der Waals surface area contributed by atoms with Crippen LogP contribution in [-0.2, 0) is 4.74 Å². The van der Waals surface area contributed by atoms with Crippen molar-refractivity contribution in [3.8, 4) is 0 Å². The Morgan fingerprint density at radius 2 is 2.17 bits per heavy atom.